The van der Waals surface area contributed by atoms with Crippen LogP contribution in [0.4, 0.5) is 5.69 Å². The molecule has 0 aliphatic rings. The average molecular weight is 322 g/mol. The molecule has 0 aliphatic carbocycles. The highest BCUT2D eigenvalue weighted by atomic mass is 15.3. The molecule has 0 aliphatic heterocycles. The molecule has 0 saturated heterocycles. The van der Waals surface area contributed by atoms with E-state index >= 15 is 0 Å². The van der Waals surface area contributed by atoms with Crippen LogP contribution >= 0.6 is 0 Å². The predicted octanol–water partition coefficient (Wildman–Crippen LogP) is 5.70. The molecule has 25 heavy (non-hydrogen) atoms. The van der Waals surface area contributed by atoms with Crippen LogP contribution in [0.15, 0.2) is 108 Å². The van der Waals surface area contributed by atoms with Gasteiger partial charge in [-0.05, 0) is 11.5 Å². The molecule has 4 aromatic rings. The summed E-state index contributed by atoms with van der Waals surface area (Å²) in [6.07, 6.45) is 0. The number of hydrogen-bond donors (Lipinski definition) is 1. The maximum absolute atomic E-state index is 4.75. The predicted molar refractivity (Wildman–Crippen MR) is 106 cm³/mol. The summed E-state index contributed by atoms with van der Waals surface area (Å²) in [5.41, 5.74) is 7.37. The largest absolute Gasteiger partial charge is 0.277 e. The number of nitrogens with zero attached hydrogens (tertiary/aromatic N) is 1. The Kier molecular flexibility index (Phi) is 4.25. The van der Waals surface area contributed by atoms with Gasteiger partial charge < -0.3 is 0 Å². The van der Waals surface area contributed by atoms with Crippen LogP contribution in [-0.4, -0.2) is 5.71 Å². The van der Waals surface area contributed by atoms with Gasteiger partial charge in [-0.25, -0.2) is 0 Å². The summed E-state index contributed by atoms with van der Waals surface area (Å²) < 4.78 is 0. The molecule has 0 fully saturated rings. The van der Waals surface area contributed by atoms with Crippen molar-refractivity contribution < 1.29 is 0 Å². The first kappa shape index (κ1) is 15.2. The van der Waals surface area contributed by atoms with Gasteiger partial charge in [-0.3, -0.25) is 5.43 Å². The van der Waals surface area contributed by atoms with Crippen molar-refractivity contribution in [3.05, 3.63) is 114 Å². The van der Waals surface area contributed by atoms with Crippen molar-refractivity contribution in [1.82, 2.24) is 0 Å². The minimum atomic E-state index is 0.925. The van der Waals surface area contributed by atoms with Crippen LogP contribution in [0.1, 0.15) is 11.1 Å². The van der Waals surface area contributed by atoms with Crippen molar-refractivity contribution in [3.8, 4) is 0 Å². The van der Waals surface area contributed by atoms with Crippen molar-refractivity contribution >= 4 is 22.2 Å². The minimum Gasteiger partial charge on any atom is -0.277 e. The Labute approximate surface area is 147 Å². The lowest BCUT2D eigenvalue weighted by Gasteiger charge is -2.10. The Morgan fingerprint density at radius 1 is 0.560 bits per heavy atom. The summed E-state index contributed by atoms with van der Waals surface area (Å²) in [5.74, 6) is 0. The summed E-state index contributed by atoms with van der Waals surface area (Å²) in [4.78, 5) is 0. The van der Waals surface area contributed by atoms with Crippen LogP contribution in [0.5, 0.6) is 0 Å². The summed E-state index contributed by atoms with van der Waals surface area (Å²) >= 11 is 0. The zero-order valence-electron chi connectivity index (χ0n) is 13.8. The monoisotopic (exact) mass is 322 g/mol. The zero-order valence-corrected chi connectivity index (χ0v) is 13.8. The third kappa shape index (κ3) is 3.29. The first-order valence-corrected chi connectivity index (χ1v) is 8.34. The molecule has 0 bridgehead atoms. The van der Waals surface area contributed by atoms with E-state index in [-0.39, 0.29) is 0 Å². The Morgan fingerprint density at radius 2 is 1.12 bits per heavy atom. The van der Waals surface area contributed by atoms with E-state index in [0.29, 0.717) is 0 Å². The molecular formula is C23H18N2. The van der Waals surface area contributed by atoms with Crippen molar-refractivity contribution in [2.24, 2.45) is 5.10 Å². The van der Waals surface area contributed by atoms with Gasteiger partial charge in [0.1, 0.15) is 0 Å². The van der Waals surface area contributed by atoms with Crippen LogP contribution in [0.2, 0.25) is 0 Å². The molecule has 4 aromatic carbocycles. The lowest BCUT2D eigenvalue weighted by Crippen LogP contribution is -2.06. The molecule has 0 amide bonds. The fourth-order valence-corrected chi connectivity index (χ4v) is 2.93. The SMILES string of the molecule is c1ccc(C(=NNc2cccc3ccccc23)c2ccccc2)cc1. The highest BCUT2D eigenvalue weighted by Crippen LogP contribution is 2.23. The maximum atomic E-state index is 4.75. The van der Waals surface area contributed by atoms with Crippen LogP contribution in [0.3, 0.4) is 0 Å². The Balaban J connectivity index is 1.77. The van der Waals surface area contributed by atoms with Crippen molar-refractivity contribution in [1.29, 1.82) is 0 Å². The second-order valence-corrected chi connectivity index (χ2v) is 5.83. The summed E-state index contributed by atoms with van der Waals surface area (Å²) in [6, 6.07) is 35.0. The molecule has 0 spiro atoms. The minimum absolute atomic E-state index is 0.925. The van der Waals surface area contributed by atoms with E-state index in [2.05, 4.69) is 60.0 Å². The van der Waals surface area contributed by atoms with Crippen LogP contribution in [0.25, 0.3) is 10.8 Å². The molecule has 0 atom stereocenters. The number of rotatable bonds is 4. The fourth-order valence-electron chi connectivity index (χ4n) is 2.93. The second kappa shape index (κ2) is 7.02. The van der Waals surface area contributed by atoms with E-state index in [1.807, 2.05) is 48.5 Å². The topological polar surface area (TPSA) is 24.4 Å². The third-order valence-corrected chi connectivity index (χ3v) is 4.17. The van der Waals surface area contributed by atoms with E-state index in [0.717, 1.165) is 27.9 Å². The Hall–Kier alpha value is -3.39. The average Bonchev–Trinajstić information content (AvgIpc) is 2.70. The van der Waals surface area contributed by atoms with E-state index in [9.17, 15) is 0 Å². The molecule has 0 saturated carbocycles. The highest BCUT2D eigenvalue weighted by Gasteiger charge is 2.07. The fraction of sp³-hybridized carbons (Fsp3) is 0. The molecule has 0 radical (unpaired) electrons. The van der Waals surface area contributed by atoms with Gasteiger partial charge in [0.05, 0.1) is 11.4 Å². The molecule has 2 nitrogen and oxygen atoms in total. The molecule has 0 aromatic heterocycles. The van der Waals surface area contributed by atoms with Gasteiger partial charge in [-0.15, -0.1) is 0 Å². The maximum Gasteiger partial charge on any atom is 0.0977 e. The lowest BCUT2D eigenvalue weighted by molar-refractivity contribution is 1.34. The lowest BCUT2D eigenvalue weighted by atomic mass is 10.0. The number of fused-ring (bicyclic) bond motifs is 1. The van der Waals surface area contributed by atoms with E-state index in [4.69, 9.17) is 5.10 Å². The van der Waals surface area contributed by atoms with E-state index in [1.54, 1.807) is 0 Å². The summed E-state index contributed by atoms with van der Waals surface area (Å²) in [6.45, 7) is 0. The van der Waals surface area contributed by atoms with Gasteiger partial charge in [0, 0.05) is 16.5 Å². The summed E-state index contributed by atoms with van der Waals surface area (Å²) in [7, 11) is 0. The molecule has 2 heteroatoms. The highest BCUT2D eigenvalue weighted by molar-refractivity contribution is 6.13. The van der Waals surface area contributed by atoms with Gasteiger partial charge in [-0.2, -0.15) is 5.10 Å². The van der Waals surface area contributed by atoms with Crippen LogP contribution < -0.4 is 5.43 Å². The normalized spacial score (nSPS) is 10.4. The summed E-state index contributed by atoms with van der Waals surface area (Å²) in [5, 5.41) is 7.11. The number of hydrazone groups is 1. The Bertz CT molecular complexity index is 959. The van der Waals surface area contributed by atoms with Gasteiger partial charge in [0.15, 0.2) is 0 Å². The smallest absolute Gasteiger partial charge is 0.0977 e. The van der Waals surface area contributed by atoms with E-state index < -0.39 is 0 Å². The van der Waals surface area contributed by atoms with Crippen molar-refractivity contribution in [3.63, 3.8) is 0 Å². The standard InChI is InChI=1S/C23H18N2/c1-3-11-19(12-4-1)23(20-13-5-2-6-14-20)25-24-22-17-9-15-18-10-7-8-16-21(18)22/h1-17,24H. The molecule has 120 valence electrons. The molecule has 4 rings (SSSR count). The number of anilines is 1. The van der Waals surface area contributed by atoms with Gasteiger partial charge >= 0.3 is 0 Å². The van der Waals surface area contributed by atoms with Crippen LogP contribution in [-0.2, 0) is 0 Å². The third-order valence-electron chi connectivity index (χ3n) is 4.17. The quantitative estimate of drug-likeness (QED) is 0.378. The van der Waals surface area contributed by atoms with Gasteiger partial charge in [0.2, 0.25) is 0 Å². The van der Waals surface area contributed by atoms with E-state index in [1.165, 1.54) is 5.39 Å². The number of nitrogens with one attached hydrogen (secondary N) is 1. The Morgan fingerprint density at radius 3 is 1.80 bits per heavy atom. The number of benzene rings is 4. The number of hydrogen-bond acceptors (Lipinski definition) is 2. The van der Waals surface area contributed by atoms with Gasteiger partial charge in [0.25, 0.3) is 0 Å². The first-order valence-electron chi connectivity index (χ1n) is 8.34. The molecule has 0 unspecified atom stereocenters. The first-order chi connectivity index (χ1) is 12.4. The molecule has 1 N–H and O–H groups in total. The second-order valence-electron chi connectivity index (χ2n) is 5.83. The molecular weight excluding hydrogens is 304 g/mol. The molecule has 0 heterocycles. The van der Waals surface area contributed by atoms with Crippen LogP contribution in [0, 0.1) is 0 Å². The van der Waals surface area contributed by atoms with Crippen molar-refractivity contribution in [2.45, 2.75) is 0 Å². The van der Waals surface area contributed by atoms with Gasteiger partial charge in [-0.1, -0.05) is 97.1 Å². The zero-order chi connectivity index (χ0) is 16.9. The van der Waals surface area contributed by atoms with Crippen molar-refractivity contribution in [2.75, 3.05) is 5.43 Å².